The van der Waals surface area contributed by atoms with Crippen LogP contribution in [0.25, 0.3) is 11.0 Å². The lowest BCUT2D eigenvalue weighted by molar-refractivity contribution is -0.119. The van der Waals surface area contributed by atoms with Crippen molar-refractivity contribution in [3.8, 4) is 0 Å². The topological polar surface area (TPSA) is 75.2 Å². The van der Waals surface area contributed by atoms with Gasteiger partial charge in [-0.15, -0.1) is 0 Å². The van der Waals surface area contributed by atoms with E-state index in [2.05, 4.69) is 15.3 Å². The van der Waals surface area contributed by atoms with Crippen molar-refractivity contribution in [3.05, 3.63) is 65.0 Å². The van der Waals surface area contributed by atoms with Gasteiger partial charge < -0.3 is 10.2 Å². The smallest absolute Gasteiger partial charge is 0.251 e. The summed E-state index contributed by atoms with van der Waals surface area (Å²) in [6.07, 6.45) is 2.59. The Labute approximate surface area is 170 Å². The standard InChI is InChI=1S/C23H24N4O2/c1-15-16(2)26-21-13-18(9-10-20(21)25-15)23(29)24-14-17-6-5-7-19(12-17)27-11-4-3-8-22(27)28/h5-7,9-10,12-13H,3-4,8,11,14H2,1-2H3,(H,24,29). The quantitative estimate of drug-likeness (QED) is 0.740. The molecule has 0 atom stereocenters. The Balaban J connectivity index is 1.47. The fourth-order valence-electron chi connectivity index (χ4n) is 3.57. The second-order valence-corrected chi connectivity index (χ2v) is 7.45. The number of nitrogens with one attached hydrogen (secondary N) is 1. The number of anilines is 1. The molecule has 1 N–H and O–H groups in total. The minimum atomic E-state index is -0.161. The van der Waals surface area contributed by atoms with E-state index in [1.54, 1.807) is 12.1 Å². The average Bonchev–Trinajstić information content (AvgIpc) is 2.73. The predicted molar refractivity (Wildman–Crippen MR) is 113 cm³/mol. The highest BCUT2D eigenvalue weighted by atomic mass is 16.2. The molecule has 2 heterocycles. The predicted octanol–water partition coefficient (Wildman–Crippen LogP) is 3.69. The normalized spacial score (nSPS) is 14.3. The third-order valence-electron chi connectivity index (χ3n) is 5.34. The second kappa shape index (κ2) is 7.99. The van der Waals surface area contributed by atoms with Crippen LogP contribution in [-0.2, 0) is 11.3 Å². The van der Waals surface area contributed by atoms with Gasteiger partial charge >= 0.3 is 0 Å². The van der Waals surface area contributed by atoms with E-state index in [0.29, 0.717) is 24.0 Å². The van der Waals surface area contributed by atoms with E-state index < -0.39 is 0 Å². The van der Waals surface area contributed by atoms with Gasteiger partial charge in [-0.25, -0.2) is 9.97 Å². The van der Waals surface area contributed by atoms with E-state index in [0.717, 1.165) is 47.5 Å². The van der Waals surface area contributed by atoms with Gasteiger partial charge in [0.25, 0.3) is 5.91 Å². The average molecular weight is 388 g/mol. The Hall–Kier alpha value is -3.28. The molecule has 3 aromatic rings. The summed E-state index contributed by atoms with van der Waals surface area (Å²) in [6, 6.07) is 13.2. The van der Waals surface area contributed by atoms with E-state index in [1.165, 1.54) is 0 Å². The van der Waals surface area contributed by atoms with Crippen molar-refractivity contribution in [1.82, 2.24) is 15.3 Å². The summed E-state index contributed by atoms with van der Waals surface area (Å²) in [5.74, 6) is 0.00613. The molecule has 1 aliphatic heterocycles. The summed E-state index contributed by atoms with van der Waals surface area (Å²) >= 11 is 0. The van der Waals surface area contributed by atoms with Crippen molar-refractivity contribution in [2.45, 2.75) is 39.7 Å². The molecule has 1 aliphatic rings. The van der Waals surface area contributed by atoms with Crippen LogP contribution in [0, 0.1) is 13.8 Å². The Morgan fingerprint density at radius 3 is 2.62 bits per heavy atom. The number of piperidine rings is 1. The number of hydrogen-bond donors (Lipinski definition) is 1. The lowest BCUT2D eigenvalue weighted by atomic mass is 10.1. The van der Waals surface area contributed by atoms with Crippen LogP contribution in [0.1, 0.15) is 46.6 Å². The zero-order chi connectivity index (χ0) is 20.4. The third-order valence-corrected chi connectivity index (χ3v) is 5.34. The van der Waals surface area contributed by atoms with Crippen molar-refractivity contribution in [2.24, 2.45) is 0 Å². The third kappa shape index (κ3) is 4.11. The Morgan fingerprint density at radius 1 is 1.03 bits per heavy atom. The highest BCUT2D eigenvalue weighted by Gasteiger charge is 2.19. The molecule has 148 valence electrons. The van der Waals surface area contributed by atoms with Gasteiger partial charge in [0.1, 0.15) is 0 Å². The Bertz CT molecular complexity index is 1090. The van der Waals surface area contributed by atoms with Gasteiger partial charge in [0.2, 0.25) is 5.91 Å². The molecule has 0 saturated carbocycles. The number of nitrogens with zero attached hydrogens (tertiary/aromatic N) is 3. The number of fused-ring (bicyclic) bond motifs is 1. The number of carbonyl (C=O) groups excluding carboxylic acids is 2. The minimum Gasteiger partial charge on any atom is -0.348 e. The lowest BCUT2D eigenvalue weighted by Crippen LogP contribution is -2.35. The molecule has 2 aromatic carbocycles. The Morgan fingerprint density at radius 2 is 1.83 bits per heavy atom. The van der Waals surface area contributed by atoms with E-state index >= 15 is 0 Å². The van der Waals surface area contributed by atoms with Crippen LogP contribution in [-0.4, -0.2) is 28.3 Å². The SMILES string of the molecule is Cc1nc2ccc(C(=O)NCc3cccc(N4CCCCC4=O)c3)cc2nc1C. The van der Waals surface area contributed by atoms with Gasteiger partial charge in [0.15, 0.2) is 0 Å². The van der Waals surface area contributed by atoms with Crippen molar-refractivity contribution >= 4 is 28.5 Å². The largest absolute Gasteiger partial charge is 0.348 e. The highest BCUT2D eigenvalue weighted by molar-refractivity contribution is 5.97. The number of aryl methyl sites for hydroxylation is 2. The summed E-state index contributed by atoms with van der Waals surface area (Å²) < 4.78 is 0. The highest BCUT2D eigenvalue weighted by Crippen LogP contribution is 2.22. The zero-order valence-electron chi connectivity index (χ0n) is 16.7. The maximum absolute atomic E-state index is 12.6. The molecule has 2 amide bonds. The number of aromatic nitrogens is 2. The number of carbonyl (C=O) groups is 2. The molecule has 1 aromatic heterocycles. The van der Waals surface area contributed by atoms with Gasteiger partial charge in [0, 0.05) is 30.8 Å². The molecule has 6 nitrogen and oxygen atoms in total. The molecule has 4 rings (SSSR count). The van der Waals surface area contributed by atoms with Crippen LogP contribution in [0.5, 0.6) is 0 Å². The zero-order valence-corrected chi connectivity index (χ0v) is 16.7. The summed E-state index contributed by atoms with van der Waals surface area (Å²) in [6.45, 7) is 4.99. The Kier molecular flexibility index (Phi) is 5.25. The first kappa shape index (κ1) is 19.1. The van der Waals surface area contributed by atoms with Crippen molar-refractivity contribution < 1.29 is 9.59 Å². The van der Waals surface area contributed by atoms with Gasteiger partial charge in [0.05, 0.1) is 22.4 Å². The molecular formula is C23H24N4O2. The van der Waals surface area contributed by atoms with E-state index in [9.17, 15) is 9.59 Å². The first-order chi connectivity index (χ1) is 14.0. The summed E-state index contributed by atoms with van der Waals surface area (Å²) in [5.41, 5.74) is 5.66. The molecule has 1 saturated heterocycles. The van der Waals surface area contributed by atoms with E-state index in [1.807, 2.05) is 49.1 Å². The van der Waals surface area contributed by atoms with Crippen LogP contribution in [0.4, 0.5) is 5.69 Å². The van der Waals surface area contributed by atoms with Crippen LogP contribution < -0.4 is 10.2 Å². The number of rotatable bonds is 4. The van der Waals surface area contributed by atoms with Crippen LogP contribution in [0.3, 0.4) is 0 Å². The van der Waals surface area contributed by atoms with E-state index in [4.69, 9.17) is 0 Å². The minimum absolute atomic E-state index is 0.161. The maximum Gasteiger partial charge on any atom is 0.251 e. The van der Waals surface area contributed by atoms with Gasteiger partial charge in [-0.3, -0.25) is 9.59 Å². The van der Waals surface area contributed by atoms with Gasteiger partial charge in [-0.2, -0.15) is 0 Å². The summed E-state index contributed by atoms with van der Waals surface area (Å²) in [5, 5.41) is 2.96. The fourth-order valence-corrected chi connectivity index (χ4v) is 3.57. The molecule has 0 aliphatic carbocycles. The summed E-state index contributed by atoms with van der Waals surface area (Å²) in [7, 11) is 0. The second-order valence-electron chi connectivity index (χ2n) is 7.45. The number of benzene rings is 2. The maximum atomic E-state index is 12.6. The van der Waals surface area contributed by atoms with Crippen molar-refractivity contribution in [1.29, 1.82) is 0 Å². The van der Waals surface area contributed by atoms with Crippen molar-refractivity contribution in [2.75, 3.05) is 11.4 Å². The molecule has 0 unspecified atom stereocenters. The number of amides is 2. The monoisotopic (exact) mass is 388 g/mol. The lowest BCUT2D eigenvalue weighted by Gasteiger charge is -2.27. The summed E-state index contributed by atoms with van der Waals surface area (Å²) in [4.78, 5) is 35.6. The van der Waals surface area contributed by atoms with Crippen LogP contribution in [0.2, 0.25) is 0 Å². The first-order valence-electron chi connectivity index (χ1n) is 9.94. The van der Waals surface area contributed by atoms with E-state index in [-0.39, 0.29) is 11.8 Å². The molecule has 1 fully saturated rings. The molecule has 6 heteroatoms. The molecule has 29 heavy (non-hydrogen) atoms. The van der Waals surface area contributed by atoms with Crippen molar-refractivity contribution in [3.63, 3.8) is 0 Å². The number of hydrogen-bond acceptors (Lipinski definition) is 4. The molecule has 0 bridgehead atoms. The van der Waals surface area contributed by atoms with Crippen LogP contribution >= 0.6 is 0 Å². The molecular weight excluding hydrogens is 364 g/mol. The molecule has 0 radical (unpaired) electrons. The first-order valence-corrected chi connectivity index (χ1v) is 9.94. The van der Waals surface area contributed by atoms with Gasteiger partial charge in [-0.1, -0.05) is 12.1 Å². The molecule has 0 spiro atoms. The van der Waals surface area contributed by atoms with Gasteiger partial charge in [-0.05, 0) is 62.6 Å². The fraction of sp³-hybridized carbons (Fsp3) is 0.304. The van der Waals surface area contributed by atoms with Crippen LogP contribution in [0.15, 0.2) is 42.5 Å².